The molecule has 0 heterocycles. The Kier molecular flexibility index (Phi) is 4.25. The first-order chi connectivity index (χ1) is 16.9. The van der Waals surface area contributed by atoms with E-state index in [9.17, 15) is 0 Å². The van der Waals surface area contributed by atoms with Crippen molar-refractivity contribution in [3.05, 3.63) is 133 Å². The van der Waals surface area contributed by atoms with E-state index in [1.54, 1.807) is 0 Å². The summed E-state index contributed by atoms with van der Waals surface area (Å²) >= 11 is 0. The lowest BCUT2D eigenvalue weighted by Crippen LogP contribution is -1.90. The van der Waals surface area contributed by atoms with Crippen molar-refractivity contribution < 1.29 is 0 Å². The van der Waals surface area contributed by atoms with E-state index in [4.69, 9.17) is 0 Å². The predicted molar refractivity (Wildman–Crippen MR) is 147 cm³/mol. The van der Waals surface area contributed by atoms with Crippen LogP contribution in [0, 0.1) is 0 Å². The highest BCUT2D eigenvalue weighted by atomic mass is 14.2. The molecule has 7 aromatic carbocycles. The van der Waals surface area contributed by atoms with Gasteiger partial charge in [0.2, 0.25) is 0 Å². The van der Waals surface area contributed by atoms with E-state index in [-0.39, 0.29) is 0 Å². The molecule has 34 heavy (non-hydrogen) atoms. The molecule has 0 aliphatic carbocycles. The Hall–Kier alpha value is -4.42. The van der Waals surface area contributed by atoms with Crippen LogP contribution in [0.1, 0.15) is 0 Å². The first kappa shape index (κ1) is 19.1. The van der Waals surface area contributed by atoms with E-state index in [1.165, 1.54) is 65.3 Å². The van der Waals surface area contributed by atoms with Gasteiger partial charge in [-0.3, -0.25) is 0 Å². The summed E-state index contributed by atoms with van der Waals surface area (Å²) in [6.45, 7) is 0. The Morgan fingerprint density at radius 2 is 0.676 bits per heavy atom. The van der Waals surface area contributed by atoms with Crippen molar-refractivity contribution in [2.75, 3.05) is 0 Å². The van der Waals surface area contributed by atoms with Crippen molar-refractivity contribution in [1.82, 2.24) is 0 Å². The van der Waals surface area contributed by atoms with Crippen molar-refractivity contribution >= 4 is 43.1 Å². The summed E-state index contributed by atoms with van der Waals surface area (Å²) < 4.78 is 0. The highest BCUT2D eigenvalue weighted by molar-refractivity contribution is 6.31. The maximum Gasteiger partial charge on any atom is -0.00141 e. The molecular weight excluding hydrogens is 408 g/mol. The summed E-state index contributed by atoms with van der Waals surface area (Å²) in [5.74, 6) is 0. The van der Waals surface area contributed by atoms with Crippen LogP contribution in [0.3, 0.4) is 0 Å². The SMILES string of the molecule is c1ccc(-c2cc3ccccc3c3c2ccc2c(-c4ccccc4)cc4ccccc4c23)cc1. The lowest BCUT2D eigenvalue weighted by molar-refractivity contribution is 1.66. The molecule has 0 heteroatoms. The smallest absolute Gasteiger partial charge is 0.00141 e. The fraction of sp³-hybridized carbons (Fsp3) is 0. The zero-order valence-corrected chi connectivity index (χ0v) is 18.7. The average Bonchev–Trinajstić information content (AvgIpc) is 2.92. The van der Waals surface area contributed by atoms with Crippen LogP contribution >= 0.6 is 0 Å². The third-order valence-corrected chi connectivity index (χ3v) is 7.02. The molecule has 7 aromatic rings. The summed E-state index contributed by atoms with van der Waals surface area (Å²) in [5, 5.41) is 10.4. The molecule has 0 nitrogen and oxygen atoms in total. The van der Waals surface area contributed by atoms with Crippen LogP contribution in [-0.2, 0) is 0 Å². The van der Waals surface area contributed by atoms with Gasteiger partial charge in [-0.1, -0.05) is 121 Å². The van der Waals surface area contributed by atoms with Crippen LogP contribution in [0.4, 0.5) is 0 Å². The van der Waals surface area contributed by atoms with Crippen LogP contribution in [0.25, 0.3) is 65.3 Å². The quantitative estimate of drug-likeness (QED) is 0.239. The number of benzene rings is 7. The zero-order chi connectivity index (χ0) is 22.5. The van der Waals surface area contributed by atoms with Gasteiger partial charge in [0.25, 0.3) is 0 Å². The van der Waals surface area contributed by atoms with Crippen molar-refractivity contribution in [3.63, 3.8) is 0 Å². The van der Waals surface area contributed by atoms with Crippen LogP contribution < -0.4 is 0 Å². The highest BCUT2D eigenvalue weighted by Gasteiger charge is 2.16. The second-order valence-corrected chi connectivity index (χ2v) is 8.93. The minimum Gasteiger partial charge on any atom is -0.0622 e. The second kappa shape index (κ2) is 7.57. The van der Waals surface area contributed by atoms with Gasteiger partial charge in [0.05, 0.1) is 0 Å². The van der Waals surface area contributed by atoms with Crippen LogP contribution in [0.15, 0.2) is 133 Å². The topological polar surface area (TPSA) is 0 Å². The fourth-order valence-corrected chi connectivity index (χ4v) is 5.49. The summed E-state index contributed by atoms with van der Waals surface area (Å²) in [4.78, 5) is 0. The molecule has 0 aliphatic heterocycles. The molecule has 0 fully saturated rings. The molecule has 0 saturated carbocycles. The molecule has 0 aromatic heterocycles. The largest absolute Gasteiger partial charge is 0.0622 e. The summed E-state index contributed by atoms with van der Waals surface area (Å²) in [6, 6.07) is 48.5. The van der Waals surface area contributed by atoms with Gasteiger partial charge in [0.1, 0.15) is 0 Å². The van der Waals surface area contributed by atoms with E-state index < -0.39 is 0 Å². The normalized spacial score (nSPS) is 11.5. The van der Waals surface area contributed by atoms with E-state index in [2.05, 4.69) is 133 Å². The third kappa shape index (κ3) is 2.86. The van der Waals surface area contributed by atoms with Crippen molar-refractivity contribution in [3.8, 4) is 22.3 Å². The Balaban J connectivity index is 1.76. The Labute approximate surface area is 198 Å². The third-order valence-electron chi connectivity index (χ3n) is 7.02. The molecule has 0 atom stereocenters. The number of fused-ring (bicyclic) bond motifs is 7. The Bertz CT molecular complexity index is 1690. The van der Waals surface area contributed by atoms with Gasteiger partial charge < -0.3 is 0 Å². The van der Waals surface area contributed by atoms with E-state index in [0.717, 1.165) is 0 Å². The summed E-state index contributed by atoms with van der Waals surface area (Å²) in [6.07, 6.45) is 0. The van der Waals surface area contributed by atoms with Gasteiger partial charge in [-0.25, -0.2) is 0 Å². The number of rotatable bonds is 2. The molecule has 0 unspecified atom stereocenters. The van der Waals surface area contributed by atoms with E-state index in [0.29, 0.717) is 0 Å². The van der Waals surface area contributed by atoms with Crippen LogP contribution in [0.2, 0.25) is 0 Å². The van der Waals surface area contributed by atoms with Gasteiger partial charge >= 0.3 is 0 Å². The lowest BCUT2D eigenvalue weighted by Gasteiger charge is -2.17. The molecule has 7 rings (SSSR count). The van der Waals surface area contributed by atoms with E-state index >= 15 is 0 Å². The van der Waals surface area contributed by atoms with Gasteiger partial charge in [-0.15, -0.1) is 0 Å². The van der Waals surface area contributed by atoms with Crippen LogP contribution in [-0.4, -0.2) is 0 Å². The monoisotopic (exact) mass is 430 g/mol. The van der Waals surface area contributed by atoms with Crippen molar-refractivity contribution in [2.24, 2.45) is 0 Å². The Morgan fingerprint density at radius 3 is 1.12 bits per heavy atom. The average molecular weight is 431 g/mol. The van der Waals surface area contributed by atoms with Crippen molar-refractivity contribution in [2.45, 2.75) is 0 Å². The molecule has 158 valence electrons. The zero-order valence-electron chi connectivity index (χ0n) is 18.7. The highest BCUT2D eigenvalue weighted by Crippen LogP contribution is 2.44. The molecule has 0 amide bonds. The molecule has 0 bridgehead atoms. The molecule has 0 radical (unpaired) electrons. The summed E-state index contributed by atoms with van der Waals surface area (Å²) in [5.41, 5.74) is 5.07. The lowest BCUT2D eigenvalue weighted by atomic mass is 9.86. The van der Waals surface area contributed by atoms with Crippen molar-refractivity contribution in [1.29, 1.82) is 0 Å². The molecule has 0 spiro atoms. The van der Waals surface area contributed by atoms with Gasteiger partial charge in [0.15, 0.2) is 0 Å². The maximum atomic E-state index is 2.35. The van der Waals surface area contributed by atoms with Gasteiger partial charge in [-0.2, -0.15) is 0 Å². The van der Waals surface area contributed by atoms with Gasteiger partial charge in [-0.05, 0) is 77.5 Å². The molecule has 0 aliphatic rings. The second-order valence-electron chi connectivity index (χ2n) is 8.93. The minimum atomic E-state index is 1.25. The first-order valence-electron chi connectivity index (χ1n) is 11.8. The first-order valence-corrected chi connectivity index (χ1v) is 11.8. The van der Waals surface area contributed by atoms with E-state index in [1.807, 2.05) is 0 Å². The fourth-order valence-electron chi connectivity index (χ4n) is 5.49. The summed E-state index contributed by atoms with van der Waals surface area (Å²) in [7, 11) is 0. The molecular formula is C34H22. The maximum absolute atomic E-state index is 2.35. The predicted octanol–water partition coefficient (Wildman–Crippen LogP) is 9.63. The van der Waals surface area contributed by atoms with Gasteiger partial charge in [0, 0.05) is 0 Å². The molecule has 0 saturated heterocycles. The molecule has 0 N–H and O–H groups in total. The minimum absolute atomic E-state index is 1.25. The number of hydrogen-bond acceptors (Lipinski definition) is 0. The van der Waals surface area contributed by atoms with Crippen LogP contribution in [0.5, 0.6) is 0 Å². The Morgan fingerprint density at radius 1 is 0.294 bits per heavy atom. The standard InChI is InChI=1S/C34H22/c1-3-11-23(12-4-1)31-21-25-15-7-9-17-27(25)33-29(31)19-20-30-32(24-13-5-2-6-14-24)22-26-16-8-10-18-28(26)34(30)33/h1-22H. The number of hydrogen-bond donors (Lipinski definition) is 0.